The first-order chi connectivity index (χ1) is 13.2. The normalized spacial score (nSPS) is 10.1. The van der Waals surface area contributed by atoms with Crippen LogP contribution in [0.1, 0.15) is 35.0 Å². The van der Waals surface area contributed by atoms with E-state index in [1.807, 2.05) is 41.1 Å². The Morgan fingerprint density at radius 3 is 2.52 bits per heavy atom. The fraction of sp³-hybridized carbons (Fsp3) is 0.333. The number of ether oxygens (including phenoxy) is 1. The maximum Gasteiger partial charge on any atom is 0.251 e. The lowest BCUT2D eigenvalue weighted by Gasteiger charge is -2.08. The molecule has 0 radical (unpaired) electrons. The van der Waals surface area contributed by atoms with E-state index in [9.17, 15) is 4.79 Å². The summed E-state index contributed by atoms with van der Waals surface area (Å²) in [6.45, 7) is 6.91. The van der Waals surface area contributed by atoms with Gasteiger partial charge in [-0.15, -0.1) is 24.8 Å². The molecule has 0 aliphatic rings. The van der Waals surface area contributed by atoms with Crippen LogP contribution in [0.15, 0.2) is 48.8 Å². The van der Waals surface area contributed by atoms with E-state index < -0.39 is 0 Å². The molecule has 0 unspecified atom stereocenters. The van der Waals surface area contributed by atoms with Crippen molar-refractivity contribution in [2.45, 2.75) is 26.9 Å². The number of hydrogen-bond acceptors (Lipinski definition) is 4. The zero-order chi connectivity index (χ0) is 19.1. The van der Waals surface area contributed by atoms with Gasteiger partial charge in [0.25, 0.3) is 5.91 Å². The van der Waals surface area contributed by atoms with Crippen LogP contribution in [0, 0.1) is 6.92 Å². The number of imidazole rings is 1. The molecular formula is C21H28Cl2N4O2. The van der Waals surface area contributed by atoms with E-state index in [2.05, 4.69) is 29.5 Å². The van der Waals surface area contributed by atoms with Crippen LogP contribution >= 0.6 is 24.8 Å². The van der Waals surface area contributed by atoms with Gasteiger partial charge >= 0.3 is 0 Å². The van der Waals surface area contributed by atoms with Gasteiger partial charge in [-0.1, -0.05) is 13.0 Å². The Morgan fingerprint density at radius 2 is 1.79 bits per heavy atom. The first kappa shape index (κ1) is 24.8. The number of aryl methyl sites for hydroxylation is 1. The van der Waals surface area contributed by atoms with Crippen LogP contribution in [0.4, 0.5) is 0 Å². The van der Waals surface area contributed by atoms with Crippen LogP contribution in [-0.2, 0) is 6.61 Å². The molecule has 3 aromatic rings. The maximum absolute atomic E-state index is 12.1. The van der Waals surface area contributed by atoms with Gasteiger partial charge in [-0.25, -0.2) is 4.98 Å². The number of amides is 1. The molecule has 0 spiro atoms. The second-order valence-electron chi connectivity index (χ2n) is 6.52. The zero-order valence-electron chi connectivity index (χ0n) is 16.7. The van der Waals surface area contributed by atoms with Gasteiger partial charge in [0.05, 0.1) is 5.69 Å². The summed E-state index contributed by atoms with van der Waals surface area (Å²) in [4.78, 5) is 16.6. The van der Waals surface area contributed by atoms with Crippen molar-refractivity contribution in [3.63, 3.8) is 0 Å². The van der Waals surface area contributed by atoms with Gasteiger partial charge in [-0.3, -0.25) is 4.79 Å². The largest absolute Gasteiger partial charge is 0.487 e. The fourth-order valence-electron chi connectivity index (χ4n) is 2.75. The standard InChI is InChI=1S/C21H26N4O2.2ClH/c1-3-10-22-11-12-23-21(26)17-5-7-19(8-6-17)27-15-18-14-25-13-16(2)4-9-20(25)24-18;;/h4-9,13-14,22H,3,10-12,15H2,1-2H3,(H,23,26);2*1H. The Balaban J connectivity index is 0.00000210. The molecule has 1 aromatic carbocycles. The number of nitrogens with zero attached hydrogens (tertiary/aromatic N) is 2. The smallest absolute Gasteiger partial charge is 0.251 e. The minimum absolute atomic E-state index is 0. The number of carbonyl (C=O) groups excluding carboxylic acids is 1. The Hall–Kier alpha value is -2.28. The van der Waals surface area contributed by atoms with Gasteiger partial charge in [0.15, 0.2) is 0 Å². The predicted octanol–water partition coefficient (Wildman–Crippen LogP) is 3.79. The van der Waals surface area contributed by atoms with Crippen molar-refractivity contribution < 1.29 is 9.53 Å². The van der Waals surface area contributed by atoms with E-state index in [4.69, 9.17) is 4.74 Å². The van der Waals surface area contributed by atoms with E-state index in [-0.39, 0.29) is 30.7 Å². The average Bonchev–Trinajstić information content (AvgIpc) is 3.08. The minimum atomic E-state index is -0.0735. The van der Waals surface area contributed by atoms with Gasteiger partial charge in [0, 0.05) is 31.0 Å². The highest BCUT2D eigenvalue weighted by Gasteiger charge is 2.06. The van der Waals surface area contributed by atoms with Crippen LogP contribution in [0.25, 0.3) is 5.65 Å². The van der Waals surface area contributed by atoms with Crippen molar-refractivity contribution in [2.75, 3.05) is 19.6 Å². The van der Waals surface area contributed by atoms with Gasteiger partial charge in [0.2, 0.25) is 0 Å². The quantitative estimate of drug-likeness (QED) is 0.498. The van der Waals surface area contributed by atoms with Crippen molar-refractivity contribution in [2.24, 2.45) is 0 Å². The van der Waals surface area contributed by atoms with Gasteiger partial charge in [-0.05, 0) is 55.8 Å². The molecular weight excluding hydrogens is 411 g/mol. The second kappa shape index (κ2) is 12.3. The molecule has 0 fully saturated rings. The molecule has 0 atom stereocenters. The highest BCUT2D eigenvalue weighted by atomic mass is 35.5. The molecule has 2 aromatic heterocycles. The topological polar surface area (TPSA) is 67.7 Å². The van der Waals surface area contributed by atoms with Gasteiger partial charge < -0.3 is 19.8 Å². The number of aromatic nitrogens is 2. The molecule has 158 valence electrons. The number of halogens is 2. The molecule has 8 heteroatoms. The first-order valence-corrected chi connectivity index (χ1v) is 9.31. The van der Waals surface area contributed by atoms with Crippen LogP contribution in [0.2, 0.25) is 0 Å². The van der Waals surface area contributed by atoms with Crippen molar-refractivity contribution in [1.29, 1.82) is 0 Å². The molecule has 2 N–H and O–H groups in total. The lowest BCUT2D eigenvalue weighted by atomic mass is 10.2. The van der Waals surface area contributed by atoms with Crippen molar-refractivity contribution in [1.82, 2.24) is 20.0 Å². The van der Waals surface area contributed by atoms with Crippen LogP contribution in [-0.4, -0.2) is 34.9 Å². The maximum atomic E-state index is 12.1. The third kappa shape index (κ3) is 7.24. The number of pyridine rings is 1. The summed E-state index contributed by atoms with van der Waals surface area (Å²) in [5.74, 6) is 0.639. The summed E-state index contributed by atoms with van der Waals surface area (Å²) in [6.07, 6.45) is 5.09. The molecule has 29 heavy (non-hydrogen) atoms. The van der Waals surface area contributed by atoms with Crippen LogP contribution in [0.3, 0.4) is 0 Å². The van der Waals surface area contributed by atoms with E-state index in [0.29, 0.717) is 24.5 Å². The Kier molecular flexibility index (Phi) is 10.5. The number of hydrogen-bond donors (Lipinski definition) is 2. The molecule has 0 saturated heterocycles. The average molecular weight is 439 g/mol. The lowest BCUT2D eigenvalue weighted by Crippen LogP contribution is -2.32. The van der Waals surface area contributed by atoms with Crippen LogP contribution < -0.4 is 15.4 Å². The van der Waals surface area contributed by atoms with Crippen molar-refractivity contribution in [3.8, 4) is 5.75 Å². The predicted molar refractivity (Wildman–Crippen MR) is 121 cm³/mol. The van der Waals surface area contributed by atoms with E-state index in [0.717, 1.165) is 30.9 Å². The SMILES string of the molecule is CCCNCCNC(=O)c1ccc(OCc2cn3cc(C)ccc3n2)cc1.Cl.Cl. The van der Waals surface area contributed by atoms with Gasteiger partial charge in [0.1, 0.15) is 18.0 Å². The monoisotopic (exact) mass is 438 g/mol. The van der Waals surface area contributed by atoms with Crippen LogP contribution in [0.5, 0.6) is 5.75 Å². The summed E-state index contributed by atoms with van der Waals surface area (Å²) < 4.78 is 7.79. The number of fused-ring (bicyclic) bond motifs is 1. The summed E-state index contributed by atoms with van der Waals surface area (Å²) in [5, 5.41) is 6.15. The highest BCUT2D eigenvalue weighted by molar-refractivity contribution is 5.94. The molecule has 6 nitrogen and oxygen atoms in total. The van der Waals surface area contributed by atoms with Crippen molar-refractivity contribution in [3.05, 3.63) is 65.6 Å². The molecule has 0 bridgehead atoms. The van der Waals surface area contributed by atoms with Gasteiger partial charge in [-0.2, -0.15) is 0 Å². The Morgan fingerprint density at radius 1 is 1.03 bits per heavy atom. The number of nitrogens with one attached hydrogen (secondary N) is 2. The Bertz CT molecular complexity index is 897. The van der Waals surface area contributed by atoms with E-state index in [1.165, 1.54) is 5.56 Å². The zero-order valence-corrected chi connectivity index (χ0v) is 18.3. The third-order valence-corrected chi connectivity index (χ3v) is 4.17. The molecule has 0 saturated carbocycles. The summed E-state index contributed by atoms with van der Waals surface area (Å²) >= 11 is 0. The fourth-order valence-corrected chi connectivity index (χ4v) is 2.75. The molecule has 0 aliphatic heterocycles. The first-order valence-electron chi connectivity index (χ1n) is 9.31. The van der Waals surface area contributed by atoms with E-state index >= 15 is 0 Å². The number of rotatable bonds is 9. The molecule has 2 heterocycles. The van der Waals surface area contributed by atoms with Crippen molar-refractivity contribution >= 4 is 36.4 Å². The molecule has 3 rings (SSSR count). The Labute approximate surface area is 183 Å². The second-order valence-corrected chi connectivity index (χ2v) is 6.52. The summed E-state index contributed by atoms with van der Waals surface area (Å²) in [5.41, 5.74) is 3.57. The number of benzene rings is 1. The molecule has 0 aliphatic carbocycles. The van der Waals surface area contributed by atoms with E-state index in [1.54, 1.807) is 12.1 Å². The molecule has 1 amide bonds. The summed E-state index contributed by atoms with van der Waals surface area (Å²) in [6, 6.07) is 11.2. The summed E-state index contributed by atoms with van der Waals surface area (Å²) in [7, 11) is 0. The minimum Gasteiger partial charge on any atom is -0.487 e. The highest BCUT2D eigenvalue weighted by Crippen LogP contribution is 2.15. The number of carbonyl (C=O) groups is 1. The third-order valence-electron chi connectivity index (χ3n) is 4.17. The lowest BCUT2D eigenvalue weighted by molar-refractivity contribution is 0.0954.